The number of rotatable bonds is 7. The Morgan fingerprint density at radius 2 is 1.44 bits per heavy atom. The van der Waals surface area contributed by atoms with Gasteiger partial charge < -0.3 is 9.32 Å². The summed E-state index contributed by atoms with van der Waals surface area (Å²) in [5, 5.41) is 4.02. The third-order valence-corrected chi connectivity index (χ3v) is 10.4. The van der Waals surface area contributed by atoms with Crippen LogP contribution in [0.3, 0.4) is 0 Å². The highest BCUT2D eigenvalue weighted by molar-refractivity contribution is 7.22. The third kappa shape index (κ3) is 5.65. The van der Waals surface area contributed by atoms with Gasteiger partial charge in [-0.3, -0.25) is 0 Å². The van der Waals surface area contributed by atoms with Crippen molar-refractivity contribution in [3.05, 3.63) is 142 Å². The quantitative estimate of drug-likeness (QED) is 0.169. The maximum atomic E-state index is 13.4. The minimum atomic E-state index is -0.361. The predicted molar refractivity (Wildman–Crippen MR) is 187 cm³/mol. The van der Waals surface area contributed by atoms with Crippen LogP contribution < -0.4 is 10.5 Å². The molecule has 1 saturated carbocycles. The van der Waals surface area contributed by atoms with E-state index in [1.54, 1.807) is 11.3 Å². The molecule has 8 rings (SSSR count). The number of hydrogen-bond donors (Lipinski definition) is 0. The summed E-state index contributed by atoms with van der Waals surface area (Å²) < 4.78 is 7.11. The van der Waals surface area contributed by atoms with Crippen molar-refractivity contribution in [1.82, 2.24) is 4.98 Å². The van der Waals surface area contributed by atoms with Gasteiger partial charge in [0.2, 0.25) is 0 Å². The van der Waals surface area contributed by atoms with Crippen LogP contribution in [0.15, 0.2) is 124 Å². The lowest BCUT2D eigenvalue weighted by Crippen LogP contribution is -2.22. The summed E-state index contributed by atoms with van der Waals surface area (Å²) in [6.45, 7) is 1.48. The highest BCUT2D eigenvalue weighted by Crippen LogP contribution is 2.38. The minimum absolute atomic E-state index is 0.361. The first-order valence-electron chi connectivity index (χ1n) is 15.9. The summed E-state index contributed by atoms with van der Waals surface area (Å²) >= 11 is 1.58. The second kappa shape index (κ2) is 12.0. The minimum Gasteiger partial charge on any atom is -0.422 e. The van der Waals surface area contributed by atoms with Gasteiger partial charge in [-0.25, -0.2) is 9.78 Å². The standard InChI is InChI=1S/C40H34N2O2S/c43-40-35(39-41-36-21-18-31-22-30(29-14-8-3-9-15-29)17-20-34(31)38(36)45-39)23-32-16-19-33(24-37(32)44-40)42(25-27-10-4-1-5-11-27)26-28-12-6-2-7-13-28/h1-2,4-7,10-13,16-24,29H,3,8-9,14-15,25-26H2. The molecule has 1 fully saturated rings. The Hall–Kier alpha value is -4.74. The van der Waals surface area contributed by atoms with Gasteiger partial charge in [0.25, 0.3) is 0 Å². The molecule has 45 heavy (non-hydrogen) atoms. The summed E-state index contributed by atoms with van der Waals surface area (Å²) in [6, 6.07) is 40.2. The Morgan fingerprint density at radius 1 is 0.733 bits per heavy atom. The summed E-state index contributed by atoms with van der Waals surface area (Å²) in [7, 11) is 0. The first kappa shape index (κ1) is 27.8. The van der Waals surface area contributed by atoms with Gasteiger partial charge in [-0.1, -0.05) is 104 Å². The summed E-state index contributed by atoms with van der Waals surface area (Å²) in [6.07, 6.45) is 6.59. The molecule has 1 aliphatic rings. The van der Waals surface area contributed by atoms with Crippen LogP contribution in [0, 0.1) is 0 Å². The molecule has 0 N–H and O–H groups in total. The molecule has 0 unspecified atom stereocenters. The van der Waals surface area contributed by atoms with E-state index in [-0.39, 0.29) is 5.63 Å². The van der Waals surface area contributed by atoms with Gasteiger partial charge in [0, 0.05) is 35.6 Å². The summed E-state index contributed by atoms with van der Waals surface area (Å²) in [5.41, 5.74) is 6.54. The highest BCUT2D eigenvalue weighted by atomic mass is 32.1. The average Bonchev–Trinajstić information content (AvgIpc) is 3.53. The number of aromatic nitrogens is 1. The third-order valence-electron chi connectivity index (χ3n) is 9.22. The number of fused-ring (bicyclic) bond motifs is 4. The van der Waals surface area contributed by atoms with Crippen LogP contribution in [-0.2, 0) is 13.1 Å². The number of nitrogens with zero attached hydrogens (tertiary/aromatic N) is 2. The number of benzene rings is 5. The molecule has 0 radical (unpaired) electrons. The van der Waals surface area contributed by atoms with Gasteiger partial charge in [0.05, 0.1) is 15.8 Å². The molecule has 0 saturated heterocycles. The Bertz CT molecular complexity index is 2140. The Kier molecular flexibility index (Phi) is 7.40. The Labute approximate surface area is 266 Å². The molecular weight excluding hydrogens is 573 g/mol. The second-order valence-corrected chi connectivity index (χ2v) is 13.2. The first-order chi connectivity index (χ1) is 22.2. The lowest BCUT2D eigenvalue weighted by Gasteiger charge is -2.25. The van der Waals surface area contributed by atoms with Crippen molar-refractivity contribution >= 4 is 49.0 Å². The van der Waals surface area contributed by atoms with Gasteiger partial charge in [0.15, 0.2) is 0 Å². The fraction of sp³-hybridized carbons (Fsp3) is 0.200. The lowest BCUT2D eigenvalue weighted by molar-refractivity contribution is 0.444. The maximum Gasteiger partial charge on any atom is 0.346 e. The predicted octanol–water partition coefficient (Wildman–Crippen LogP) is 10.5. The zero-order valence-electron chi connectivity index (χ0n) is 25.1. The van der Waals surface area contributed by atoms with Crippen molar-refractivity contribution in [1.29, 1.82) is 0 Å². The van der Waals surface area contributed by atoms with E-state index in [1.165, 1.54) is 59.6 Å². The van der Waals surface area contributed by atoms with Crippen LogP contribution in [0.5, 0.6) is 0 Å². The van der Waals surface area contributed by atoms with Gasteiger partial charge in [-0.2, -0.15) is 0 Å². The molecule has 0 amide bonds. The van der Waals surface area contributed by atoms with Gasteiger partial charge in [-0.15, -0.1) is 11.3 Å². The van der Waals surface area contributed by atoms with Crippen LogP contribution in [0.2, 0.25) is 0 Å². The SMILES string of the molecule is O=c1oc2cc(N(Cc3ccccc3)Cc3ccccc3)ccc2cc1-c1nc2ccc3cc(C4CCCCC4)ccc3c2s1. The summed E-state index contributed by atoms with van der Waals surface area (Å²) in [4.78, 5) is 20.7. The number of hydrogen-bond acceptors (Lipinski definition) is 5. The van der Waals surface area contributed by atoms with E-state index in [4.69, 9.17) is 9.40 Å². The molecule has 5 heteroatoms. The molecule has 0 aliphatic heterocycles. The maximum absolute atomic E-state index is 13.4. The van der Waals surface area contributed by atoms with E-state index < -0.39 is 0 Å². The number of anilines is 1. The monoisotopic (exact) mass is 606 g/mol. The van der Waals surface area contributed by atoms with Crippen LogP contribution in [0.25, 0.3) is 42.5 Å². The van der Waals surface area contributed by atoms with E-state index in [1.807, 2.05) is 24.3 Å². The molecule has 7 aromatic rings. The van der Waals surface area contributed by atoms with Crippen LogP contribution >= 0.6 is 11.3 Å². The second-order valence-electron chi connectivity index (χ2n) is 12.2. The molecule has 2 heterocycles. The van der Waals surface area contributed by atoms with Crippen molar-refractivity contribution in [3.63, 3.8) is 0 Å². The Balaban J connectivity index is 1.13. The van der Waals surface area contributed by atoms with Gasteiger partial charge in [-0.05, 0) is 65.1 Å². The zero-order valence-corrected chi connectivity index (χ0v) is 25.9. The van der Waals surface area contributed by atoms with Crippen molar-refractivity contribution in [2.75, 3.05) is 4.90 Å². The van der Waals surface area contributed by atoms with Crippen molar-refractivity contribution in [2.45, 2.75) is 51.1 Å². The first-order valence-corrected chi connectivity index (χ1v) is 16.7. The Morgan fingerprint density at radius 3 is 2.18 bits per heavy atom. The average molecular weight is 607 g/mol. The fourth-order valence-corrected chi connectivity index (χ4v) is 7.93. The van der Waals surface area contributed by atoms with E-state index in [9.17, 15) is 4.79 Å². The molecule has 4 nitrogen and oxygen atoms in total. The van der Waals surface area contributed by atoms with Gasteiger partial charge in [0.1, 0.15) is 10.6 Å². The van der Waals surface area contributed by atoms with Crippen molar-refractivity contribution in [3.8, 4) is 10.6 Å². The topological polar surface area (TPSA) is 46.3 Å². The molecular formula is C40H34N2O2S. The molecule has 1 aliphatic carbocycles. The molecule has 2 aromatic heterocycles. The van der Waals surface area contributed by atoms with Crippen LogP contribution in [0.4, 0.5) is 5.69 Å². The molecule has 0 bridgehead atoms. The van der Waals surface area contributed by atoms with Crippen LogP contribution in [-0.4, -0.2) is 4.98 Å². The van der Waals surface area contributed by atoms with Crippen molar-refractivity contribution < 1.29 is 4.42 Å². The van der Waals surface area contributed by atoms with E-state index >= 15 is 0 Å². The normalized spacial score (nSPS) is 14.0. The van der Waals surface area contributed by atoms with E-state index in [0.29, 0.717) is 22.1 Å². The fourth-order valence-electron chi connectivity index (χ4n) is 6.83. The highest BCUT2D eigenvalue weighted by Gasteiger charge is 2.19. The van der Waals surface area contributed by atoms with E-state index in [2.05, 4.69) is 95.9 Å². The van der Waals surface area contributed by atoms with E-state index in [0.717, 1.165) is 34.4 Å². The van der Waals surface area contributed by atoms with Crippen molar-refractivity contribution in [2.24, 2.45) is 0 Å². The summed E-state index contributed by atoms with van der Waals surface area (Å²) in [5.74, 6) is 0.669. The largest absolute Gasteiger partial charge is 0.422 e. The molecule has 0 spiro atoms. The molecule has 5 aromatic carbocycles. The smallest absolute Gasteiger partial charge is 0.346 e. The lowest BCUT2D eigenvalue weighted by atomic mass is 9.83. The zero-order chi connectivity index (χ0) is 30.2. The molecule has 222 valence electrons. The molecule has 0 atom stereocenters. The van der Waals surface area contributed by atoms with Gasteiger partial charge >= 0.3 is 5.63 Å². The number of thiazole rings is 1. The van der Waals surface area contributed by atoms with Crippen LogP contribution in [0.1, 0.15) is 54.7 Å².